The van der Waals surface area contributed by atoms with Gasteiger partial charge in [-0.3, -0.25) is 4.79 Å². The number of thiazole rings is 1. The first-order valence-electron chi connectivity index (χ1n) is 4.85. The van der Waals surface area contributed by atoms with Gasteiger partial charge in [-0.2, -0.15) is 0 Å². The Labute approximate surface area is 87.6 Å². The highest BCUT2D eigenvalue weighted by Crippen LogP contribution is 2.37. The standard InChI is InChI=1S/C10H14N2OS/c1-6-3-8(6)10(13)11-4-9-12-7(2)5-14-9/h5-6,8H,3-4H2,1-2H3,(H,11,13)/t6-,8-/m1/s1. The van der Waals surface area contributed by atoms with Crippen LogP contribution in [0.4, 0.5) is 0 Å². The van der Waals surface area contributed by atoms with Gasteiger partial charge in [-0.05, 0) is 19.3 Å². The Morgan fingerprint density at radius 3 is 3.00 bits per heavy atom. The Morgan fingerprint density at radius 1 is 1.79 bits per heavy atom. The van der Waals surface area contributed by atoms with E-state index in [4.69, 9.17) is 0 Å². The fraction of sp³-hybridized carbons (Fsp3) is 0.600. The van der Waals surface area contributed by atoms with E-state index in [9.17, 15) is 4.79 Å². The lowest BCUT2D eigenvalue weighted by Gasteiger charge is -2.00. The first-order valence-corrected chi connectivity index (χ1v) is 5.73. The van der Waals surface area contributed by atoms with Crippen molar-refractivity contribution >= 4 is 17.2 Å². The van der Waals surface area contributed by atoms with Crippen molar-refractivity contribution in [2.75, 3.05) is 0 Å². The van der Waals surface area contributed by atoms with Gasteiger partial charge in [0.25, 0.3) is 0 Å². The Hall–Kier alpha value is -0.900. The fourth-order valence-corrected chi connectivity index (χ4v) is 2.18. The van der Waals surface area contributed by atoms with Crippen LogP contribution in [-0.2, 0) is 11.3 Å². The number of hydrogen-bond donors (Lipinski definition) is 1. The summed E-state index contributed by atoms with van der Waals surface area (Å²) in [4.78, 5) is 15.7. The minimum Gasteiger partial charge on any atom is -0.349 e. The zero-order valence-corrected chi connectivity index (χ0v) is 9.23. The van der Waals surface area contributed by atoms with E-state index in [0.717, 1.165) is 17.1 Å². The van der Waals surface area contributed by atoms with Crippen molar-refractivity contribution in [3.8, 4) is 0 Å². The van der Waals surface area contributed by atoms with Crippen LogP contribution in [0.15, 0.2) is 5.38 Å². The minimum atomic E-state index is 0.186. The second kappa shape index (κ2) is 3.69. The average molecular weight is 210 g/mol. The van der Waals surface area contributed by atoms with Gasteiger partial charge in [0.2, 0.25) is 5.91 Å². The normalized spacial score (nSPS) is 24.7. The highest BCUT2D eigenvalue weighted by molar-refractivity contribution is 7.09. The quantitative estimate of drug-likeness (QED) is 0.825. The van der Waals surface area contributed by atoms with Crippen LogP contribution in [0.2, 0.25) is 0 Å². The molecule has 0 unspecified atom stereocenters. The summed E-state index contributed by atoms with van der Waals surface area (Å²) in [5.74, 6) is 1.02. The molecule has 0 aromatic carbocycles. The molecule has 1 aromatic rings. The molecule has 0 bridgehead atoms. The van der Waals surface area contributed by atoms with Gasteiger partial charge < -0.3 is 5.32 Å². The van der Waals surface area contributed by atoms with Gasteiger partial charge in [0, 0.05) is 17.0 Å². The summed E-state index contributed by atoms with van der Waals surface area (Å²) in [6.45, 7) is 4.66. The van der Waals surface area contributed by atoms with E-state index in [2.05, 4.69) is 17.2 Å². The van der Waals surface area contributed by atoms with Gasteiger partial charge in [0.05, 0.1) is 6.54 Å². The van der Waals surface area contributed by atoms with Gasteiger partial charge in [0.1, 0.15) is 5.01 Å². The van der Waals surface area contributed by atoms with Crippen molar-refractivity contribution < 1.29 is 4.79 Å². The fourth-order valence-electron chi connectivity index (χ4n) is 1.47. The van der Waals surface area contributed by atoms with Gasteiger partial charge >= 0.3 is 0 Å². The van der Waals surface area contributed by atoms with Crippen molar-refractivity contribution in [1.29, 1.82) is 0 Å². The monoisotopic (exact) mass is 210 g/mol. The van der Waals surface area contributed by atoms with Crippen LogP contribution in [0.3, 0.4) is 0 Å². The maximum atomic E-state index is 11.5. The number of amides is 1. The van der Waals surface area contributed by atoms with Crippen molar-refractivity contribution in [1.82, 2.24) is 10.3 Å². The van der Waals surface area contributed by atoms with E-state index in [1.807, 2.05) is 12.3 Å². The van der Waals surface area contributed by atoms with Crippen LogP contribution in [-0.4, -0.2) is 10.9 Å². The predicted octanol–water partition coefficient (Wildman–Crippen LogP) is 1.72. The first-order chi connectivity index (χ1) is 6.66. The second-order valence-electron chi connectivity index (χ2n) is 3.92. The number of nitrogens with one attached hydrogen (secondary N) is 1. The van der Waals surface area contributed by atoms with Gasteiger partial charge in [-0.1, -0.05) is 6.92 Å². The van der Waals surface area contributed by atoms with Crippen LogP contribution in [0, 0.1) is 18.8 Å². The summed E-state index contributed by atoms with van der Waals surface area (Å²) in [6.07, 6.45) is 1.04. The molecule has 1 aliphatic carbocycles. The van der Waals surface area contributed by atoms with Crippen molar-refractivity contribution in [3.05, 3.63) is 16.1 Å². The molecule has 0 radical (unpaired) electrons. The molecule has 1 aromatic heterocycles. The lowest BCUT2D eigenvalue weighted by molar-refractivity contribution is -0.122. The number of aryl methyl sites for hydroxylation is 1. The molecular formula is C10H14N2OS. The molecule has 0 saturated heterocycles. The number of aromatic nitrogens is 1. The Bertz CT molecular complexity index is 348. The Kier molecular flexibility index (Phi) is 2.54. The molecule has 1 N–H and O–H groups in total. The molecular weight excluding hydrogens is 196 g/mol. The molecule has 2 atom stereocenters. The third-order valence-electron chi connectivity index (χ3n) is 2.53. The highest BCUT2D eigenvalue weighted by Gasteiger charge is 2.38. The number of carbonyl (C=O) groups excluding carboxylic acids is 1. The Balaban J connectivity index is 1.80. The van der Waals surface area contributed by atoms with Crippen molar-refractivity contribution in [2.45, 2.75) is 26.8 Å². The number of hydrogen-bond acceptors (Lipinski definition) is 3. The molecule has 2 rings (SSSR count). The summed E-state index contributed by atoms with van der Waals surface area (Å²) in [5.41, 5.74) is 1.03. The molecule has 4 heteroatoms. The van der Waals surface area contributed by atoms with E-state index in [-0.39, 0.29) is 11.8 Å². The van der Waals surface area contributed by atoms with Crippen molar-refractivity contribution in [2.24, 2.45) is 11.8 Å². The van der Waals surface area contributed by atoms with Crippen LogP contribution in [0.5, 0.6) is 0 Å². The van der Waals surface area contributed by atoms with E-state index in [1.165, 1.54) is 0 Å². The summed E-state index contributed by atoms with van der Waals surface area (Å²) < 4.78 is 0. The summed E-state index contributed by atoms with van der Waals surface area (Å²) in [7, 11) is 0. The Morgan fingerprint density at radius 2 is 2.50 bits per heavy atom. The van der Waals surface area contributed by atoms with E-state index in [0.29, 0.717) is 12.5 Å². The SMILES string of the molecule is Cc1csc(CNC(=O)[C@@H]2C[C@H]2C)n1. The third kappa shape index (κ3) is 2.12. The summed E-state index contributed by atoms with van der Waals surface area (Å²) in [5, 5.41) is 5.90. The van der Waals surface area contributed by atoms with E-state index in [1.54, 1.807) is 11.3 Å². The lowest BCUT2D eigenvalue weighted by atomic mass is 10.3. The predicted molar refractivity (Wildman–Crippen MR) is 56.0 cm³/mol. The average Bonchev–Trinajstić information content (AvgIpc) is 2.72. The zero-order chi connectivity index (χ0) is 10.1. The molecule has 0 spiro atoms. The van der Waals surface area contributed by atoms with Crippen LogP contribution >= 0.6 is 11.3 Å². The molecule has 14 heavy (non-hydrogen) atoms. The number of carbonyl (C=O) groups is 1. The van der Waals surface area contributed by atoms with Crippen LogP contribution < -0.4 is 5.32 Å². The van der Waals surface area contributed by atoms with Crippen molar-refractivity contribution in [3.63, 3.8) is 0 Å². The molecule has 1 fully saturated rings. The number of nitrogens with zero attached hydrogens (tertiary/aromatic N) is 1. The number of rotatable bonds is 3. The zero-order valence-electron chi connectivity index (χ0n) is 8.41. The molecule has 0 aliphatic heterocycles. The maximum Gasteiger partial charge on any atom is 0.223 e. The molecule has 1 amide bonds. The molecule has 3 nitrogen and oxygen atoms in total. The van der Waals surface area contributed by atoms with Gasteiger partial charge in [-0.15, -0.1) is 11.3 Å². The smallest absolute Gasteiger partial charge is 0.223 e. The largest absolute Gasteiger partial charge is 0.349 e. The molecule has 1 aliphatic rings. The molecule has 76 valence electrons. The van der Waals surface area contributed by atoms with Gasteiger partial charge in [0.15, 0.2) is 0 Å². The van der Waals surface area contributed by atoms with E-state index < -0.39 is 0 Å². The van der Waals surface area contributed by atoms with E-state index >= 15 is 0 Å². The summed E-state index contributed by atoms with van der Waals surface area (Å²) >= 11 is 1.60. The van der Waals surface area contributed by atoms with Gasteiger partial charge in [-0.25, -0.2) is 4.98 Å². The summed E-state index contributed by atoms with van der Waals surface area (Å²) in [6, 6.07) is 0. The first kappa shape index (κ1) is 9.65. The molecule has 1 heterocycles. The maximum absolute atomic E-state index is 11.5. The third-order valence-corrected chi connectivity index (χ3v) is 3.49. The highest BCUT2D eigenvalue weighted by atomic mass is 32.1. The van der Waals surface area contributed by atoms with Crippen LogP contribution in [0.1, 0.15) is 24.0 Å². The molecule has 1 saturated carbocycles. The minimum absolute atomic E-state index is 0.186. The van der Waals surface area contributed by atoms with Crippen LogP contribution in [0.25, 0.3) is 0 Å². The topological polar surface area (TPSA) is 42.0 Å². The second-order valence-corrected chi connectivity index (χ2v) is 4.86. The lowest BCUT2D eigenvalue weighted by Crippen LogP contribution is -2.24.